The van der Waals surface area contributed by atoms with Crippen molar-refractivity contribution in [3.63, 3.8) is 0 Å². The SMILES string of the molecule is COc1cccc(C(=O)N2CC(Oc3cc(C)n(C)c(=O)c3)C2)c1. The van der Waals surface area contributed by atoms with Gasteiger partial charge in [-0.3, -0.25) is 9.59 Å². The minimum Gasteiger partial charge on any atom is -0.497 e. The number of nitrogens with zero attached hydrogens (tertiary/aromatic N) is 2. The predicted molar refractivity (Wildman–Crippen MR) is 89.7 cm³/mol. The third kappa shape index (κ3) is 3.13. The normalized spacial score (nSPS) is 14.2. The first kappa shape index (κ1) is 16.1. The van der Waals surface area contributed by atoms with Crippen LogP contribution in [0.4, 0.5) is 0 Å². The Bertz CT molecular complexity index is 822. The summed E-state index contributed by atoms with van der Waals surface area (Å²) >= 11 is 0. The maximum Gasteiger partial charge on any atom is 0.254 e. The molecule has 1 aliphatic heterocycles. The highest BCUT2D eigenvalue weighted by Gasteiger charge is 2.33. The third-order valence-electron chi connectivity index (χ3n) is 4.23. The molecule has 2 aromatic rings. The maximum absolute atomic E-state index is 12.4. The number of rotatable bonds is 4. The summed E-state index contributed by atoms with van der Waals surface area (Å²) in [6.45, 7) is 2.86. The highest BCUT2D eigenvalue weighted by Crippen LogP contribution is 2.21. The number of benzene rings is 1. The fourth-order valence-electron chi connectivity index (χ4n) is 2.61. The third-order valence-corrected chi connectivity index (χ3v) is 4.23. The van der Waals surface area contributed by atoms with E-state index in [0.29, 0.717) is 30.2 Å². The van der Waals surface area contributed by atoms with Crippen LogP contribution in [0.3, 0.4) is 0 Å². The van der Waals surface area contributed by atoms with Crippen molar-refractivity contribution in [1.29, 1.82) is 0 Å². The summed E-state index contributed by atoms with van der Waals surface area (Å²) in [7, 11) is 3.29. The molecule has 1 fully saturated rings. The van der Waals surface area contributed by atoms with Crippen LogP contribution in [0.25, 0.3) is 0 Å². The van der Waals surface area contributed by atoms with Crippen LogP contribution in [0.15, 0.2) is 41.2 Å². The van der Waals surface area contributed by atoms with Gasteiger partial charge in [-0.05, 0) is 31.2 Å². The Balaban J connectivity index is 1.61. The second-order valence-electron chi connectivity index (χ2n) is 5.91. The van der Waals surface area contributed by atoms with Gasteiger partial charge in [-0.2, -0.15) is 0 Å². The second-order valence-corrected chi connectivity index (χ2v) is 5.91. The molecular formula is C18H20N2O4. The first-order valence-electron chi connectivity index (χ1n) is 7.75. The first-order chi connectivity index (χ1) is 11.5. The lowest BCUT2D eigenvalue weighted by Gasteiger charge is -2.39. The highest BCUT2D eigenvalue weighted by molar-refractivity contribution is 5.95. The summed E-state index contributed by atoms with van der Waals surface area (Å²) in [5.74, 6) is 1.16. The summed E-state index contributed by atoms with van der Waals surface area (Å²) in [6.07, 6.45) is -0.0916. The van der Waals surface area contributed by atoms with Gasteiger partial charge in [0.25, 0.3) is 11.5 Å². The summed E-state index contributed by atoms with van der Waals surface area (Å²) in [6, 6.07) is 10.4. The number of aryl methyl sites for hydroxylation is 1. The first-order valence-corrected chi connectivity index (χ1v) is 7.75. The maximum atomic E-state index is 12.4. The summed E-state index contributed by atoms with van der Waals surface area (Å²) in [5.41, 5.74) is 1.33. The summed E-state index contributed by atoms with van der Waals surface area (Å²) in [5, 5.41) is 0. The van der Waals surface area contributed by atoms with Crippen LogP contribution in [-0.4, -0.2) is 41.7 Å². The van der Waals surface area contributed by atoms with Crippen molar-refractivity contribution in [3.8, 4) is 11.5 Å². The van der Waals surface area contributed by atoms with Crippen LogP contribution in [0.5, 0.6) is 11.5 Å². The number of amides is 1. The standard InChI is InChI=1S/C18H20N2O4/c1-12-7-15(9-17(21)19(12)2)24-16-10-20(11-16)18(22)13-5-4-6-14(8-13)23-3/h4-9,16H,10-11H2,1-3H3. The largest absolute Gasteiger partial charge is 0.497 e. The number of methoxy groups -OCH3 is 1. The average Bonchev–Trinajstić information content (AvgIpc) is 2.55. The van der Waals surface area contributed by atoms with Crippen molar-refractivity contribution in [2.75, 3.05) is 20.2 Å². The second kappa shape index (κ2) is 6.39. The predicted octanol–water partition coefficient (Wildman–Crippen LogP) is 1.61. The van der Waals surface area contributed by atoms with E-state index in [9.17, 15) is 9.59 Å². The number of aromatic nitrogens is 1. The van der Waals surface area contributed by atoms with Crippen LogP contribution in [0.1, 0.15) is 16.1 Å². The van der Waals surface area contributed by atoms with E-state index in [1.807, 2.05) is 13.0 Å². The number of hydrogen-bond acceptors (Lipinski definition) is 4. The fraction of sp³-hybridized carbons (Fsp3) is 0.333. The van der Waals surface area contributed by atoms with Crippen molar-refractivity contribution in [3.05, 3.63) is 58.0 Å². The zero-order valence-corrected chi connectivity index (χ0v) is 14.0. The molecule has 0 atom stereocenters. The molecule has 0 N–H and O–H groups in total. The van der Waals surface area contributed by atoms with E-state index in [2.05, 4.69) is 0 Å². The molecule has 0 aliphatic carbocycles. The Hall–Kier alpha value is -2.76. The Morgan fingerprint density at radius 1 is 1.17 bits per heavy atom. The van der Waals surface area contributed by atoms with Gasteiger partial charge in [0.05, 0.1) is 20.2 Å². The minimum atomic E-state index is -0.103. The van der Waals surface area contributed by atoms with Crippen molar-refractivity contribution >= 4 is 5.91 Å². The highest BCUT2D eigenvalue weighted by atomic mass is 16.5. The van der Waals surface area contributed by atoms with Gasteiger partial charge in [-0.15, -0.1) is 0 Å². The lowest BCUT2D eigenvalue weighted by Crippen LogP contribution is -2.56. The molecule has 6 nitrogen and oxygen atoms in total. The molecule has 0 bridgehead atoms. The topological polar surface area (TPSA) is 60.8 Å². The molecule has 0 spiro atoms. The molecule has 1 amide bonds. The molecule has 1 saturated heterocycles. The molecule has 6 heteroatoms. The molecule has 0 unspecified atom stereocenters. The van der Waals surface area contributed by atoms with Crippen LogP contribution < -0.4 is 15.0 Å². The van der Waals surface area contributed by atoms with Gasteiger partial charge < -0.3 is 18.9 Å². The molecular weight excluding hydrogens is 308 g/mol. The number of carbonyl (C=O) groups is 1. The van der Waals surface area contributed by atoms with Gasteiger partial charge in [0.2, 0.25) is 0 Å². The van der Waals surface area contributed by atoms with Gasteiger partial charge in [0.1, 0.15) is 17.6 Å². The molecule has 1 aromatic heterocycles. The molecule has 126 valence electrons. The van der Waals surface area contributed by atoms with E-state index in [4.69, 9.17) is 9.47 Å². The Morgan fingerprint density at radius 2 is 1.92 bits per heavy atom. The average molecular weight is 328 g/mol. The number of hydrogen-bond donors (Lipinski definition) is 0. The molecule has 1 aliphatic rings. The van der Waals surface area contributed by atoms with E-state index in [1.54, 1.807) is 47.9 Å². The van der Waals surface area contributed by atoms with Gasteiger partial charge >= 0.3 is 0 Å². The smallest absolute Gasteiger partial charge is 0.254 e. The van der Waals surface area contributed by atoms with E-state index < -0.39 is 0 Å². The lowest BCUT2D eigenvalue weighted by molar-refractivity contribution is 0.0176. The Kier molecular flexibility index (Phi) is 4.29. The van der Waals surface area contributed by atoms with Gasteiger partial charge in [0, 0.05) is 24.4 Å². The number of carbonyl (C=O) groups excluding carboxylic acids is 1. The van der Waals surface area contributed by atoms with Crippen LogP contribution in [-0.2, 0) is 7.05 Å². The van der Waals surface area contributed by atoms with E-state index in [1.165, 1.54) is 6.07 Å². The molecule has 0 radical (unpaired) electrons. The quantitative estimate of drug-likeness (QED) is 0.855. The lowest BCUT2D eigenvalue weighted by atomic mass is 10.1. The van der Waals surface area contributed by atoms with Gasteiger partial charge in [0.15, 0.2) is 0 Å². The van der Waals surface area contributed by atoms with Crippen molar-refractivity contribution in [1.82, 2.24) is 9.47 Å². The molecule has 3 rings (SSSR count). The summed E-state index contributed by atoms with van der Waals surface area (Å²) in [4.78, 5) is 25.9. The number of pyridine rings is 1. The molecule has 24 heavy (non-hydrogen) atoms. The van der Waals surface area contributed by atoms with Crippen LogP contribution >= 0.6 is 0 Å². The molecule has 2 heterocycles. The fourth-order valence-corrected chi connectivity index (χ4v) is 2.61. The molecule has 0 saturated carbocycles. The van der Waals surface area contributed by atoms with E-state index in [0.717, 1.165) is 5.69 Å². The minimum absolute atomic E-state index is 0.0473. The van der Waals surface area contributed by atoms with Gasteiger partial charge in [-0.1, -0.05) is 6.07 Å². The van der Waals surface area contributed by atoms with E-state index in [-0.39, 0.29) is 17.6 Å². The number of likely N-dealkylation sites (tertiary alicyclic amines) is 1. The van der Waals surface area contributed by atoms with E-state index >= 15 is 0 Å². The number of ether oxygens (including phenoxy) is 2. The molecule has 1 aromatic carbocycles. The van der Waals surface area contributed by atoms with Crippen molar-refractivity contribution < 1.29 is 14.3 Å². The Labute approximate surface area is 140 Å². The summed E-state index contributed by atoms with van der Waals surface area (Å²) < 4.78 is 12.5. The van der Waals surface area contributed by atoms with Crippen LogP contribution in [0.2, 0.25) is 0 Å². The monoisotopic (exact) mass is 328 g/mol. The van der Waals surface area contributed by atoms with Crippen LogP contribution in [0, 0.1) is 6.92 Å². The van der Waals surface area contributed by atoms with Crippen molar-refractivity contribution in [2.24, 2.45) is 7.05 Å². The zero-order valence-electron chi connectivity index (χ0n) is 14.0. The zero-order chi connectivity index (χ0) is 17.3. The van der Waals surface area contributed by atoms with Gasteiger partial charge in [-0.25, -0.2) is 0 Å². The van der Waals surface area contributed by atoms with Crippen molar-refractivity contribution in [2.45, 2.75) is 13.0 Å². The Morgan fingerprint density at radius 3 is 2.58 bits per heavy atom.